The van der Waals surface area contributed by atoms with E-state index < -0.39 is 0 Å². The van der Waals surface area contributed by atoms with Crippen LogP contribution in [0.3, 0.4) is 0 Å². The molecule has 1 unspecified atom stereocenters. The van der Waals surface area contributed by atoms with Crippen molar-refractivity contribution in [2.45, 2.75) is 26.3 Å². The average molecular weight is 245 g/mol. The molecule has 0 aromatic rings. The molecular weight excluding hydrogens is 222 g/mol. The second-order valence-corrected chi connectivity index (χ2v) is 4.75. The van der Waals surface area contributed by atoms with Gasteiger partial charge < -0.3 is 4.74 Å². The zero-order chi connectivity index (χ0) is 12.6. The van der Waals surface area contributed by atoms with Crippen molar-refractivity contribution < 1.29 is 9.53 Å². The van der Waals surface area contributed by atoms with E-state index in [0.717, 1.165) is 18.7 Å². The number of carbonyl (C=O) groups is 1. The quantitative estimate of drug-likeness (QED) is 0.508. The minimum absolute atomic E-state index is 0.244. The Labute approximate surface area is 103 Å². The summed E-state index contributed by atoms with van der Waals surface area (Å²) in [4.78, 5) is 13.4. The van der Waals surface area contributed by atoms with Crippen molar-refractivity contribution in [2.75, 3.05) is 32.7 Å². The highest BCUT2D eigenvalue weighted by atomic mass is 32.2. The van der Waals surface area contributed by atoms with E-state index in [1.165, 1.54) is 7.11 Å². The maximum Gasteiger partial charge on any atom is 0.333 e. The molecule has 0 N–H and O–H groups in total. The molecule has 0 saturated heterocycles. The van der Waals surface area contributed by atoms with Crippen molar-refractivity contribution in [1.29, 1.82) is 0 Å². The molecule has 0 heterocycles. The Hall–Kier alpha value is -0.480. The number of hydrogen-bond donors (Lipinski definition) is 0. The Kier molecular flexibility index (Phi) is 8.39. The molecule has 0 amide bonds. The SMILES string of the molecule is CCC(CSC)N(C)C/C=C(/C)C(=O)OC. The average Bonchev–Trinajstić information content (AvgIpc) is 2.31. The van der Waals surface area contributed by atoms with Gasteiger partial charge in [-0.05, 0) is 26.6 Å². The molecule has 0 aliphatic rings. The number of carbonyl (C=O) groups excluding carboxylic acids is 1. The molecule has 94 valence electrons. The van der Waals surface area contributed by atoms with E-state index in [-0.39, 0.29) is 5.97 Å². The van der Waals surface area contributed by atoms with Gasteiger partial charge >= 0.3 is 5.97 Å². The van der Waals surface area contributed by atoms with Gasteiger partial charge in [0.05, 0.1) is 7.11 Å². The van der Waals surface area contributed by atoms with Crippen LogP contribution in [0.5, 0.6) is 0 Å². The third kappa shape index (κ3) is 5.56. The third-order valence-electron chi connectivity index (χ3n) is 2.65. The van der Waals surface area contributed by atoms with E-state index in [9.17, 15) is 4.79 Å². The first kappa shape index (κ1) is 15.5. The largest absolute Gasteiger partial charge is 0.466 e. The number of likely N-dealkylation sites (N-methyl/N-ethyl adjacent to an activating group) is 1. The fourth-order valence-corrected chi connectivity index (χ4v) is 2.30. The van der Waals surface area contributed by atoms with Gasteiger partial charge in [-0.3, -0.25) is 4.90 Å². The van der Waals surface area contributed by atoms with Crippen molar-refractivity contribution in [3.05, 3.63) is 11.6 Å². The van der Waals surface area contributed by atoms with Crippen LogP contribution in [-0.2, 0) is 9.53 Å². The topological polar surface area (TPSA) is 29.5 Å². The highest BCUT2D eigenvalue weighted by Crippen LogP contribution is 2.08. The molecule has 3 nitrogen and oxygen atoms in total. The number of hydrogen-bond acceptors (Lipinski definition) is 4. The zero-order valence-electron chi connectivity index (χ0n) is 10.9. The Bertz CT molecular complexity index is 241. The summed E-state index contributed by atoms with van der Waals surface area (Å²) in [6, 6.07) is 0.566. The molecular formula is C12H23NO2S. The maximum atomic E-state index is 11.2. The molecule has 0 bridgehead atoms. The first-order valence-corrected chi connectivity index (χ1v) is 6.90. The molecule has 0 fully saturated rings. The Morgan fingerprint density at radius 3 is 2.62 bits per heavy atom. The van der Waals surface area contributed by atoms with Crippen molar-refractivity contribution in [2.24, 2.45) is 0 Å². The minimum Gasteiger partial charge on any atom is -0.466 e. The fourth-order valence-electron chi connectivity index (χ4n) is 1.42. The Balaban J connectivity index is 4.22. The van der Waals surface area contributed by atoms with Gasteiger partial charge in [0.25, 0.3) is 0 Å². The van der Waals surface area contributed by atoms with E-state index >= 15 is 0 Å². The summed E-state index contributed by atoms with van der Waals surface area (Å²) < 4.78 is 4.65. The highest BCUT2D eigenvalue weighted by Gasteiger charge is 2.11. The minimum atomic E-state index is -0.244. The molecule has 0 aromatic heterocycles. The van der Waals surface area contributed by atoms with Crippen LogP contribution in [0.1, 0.15) is 20.3 Å². The zero-order valence-corrected chi connectivity index (χ0v) is 11.8. The summed E-state index contributed by atoms with van der Waals surface area (Å²) in [6.45, 7) is 4.77. The highest BCUT2D eigenvalue weighted by molar-refractivity contribution is 7.98. The standard InChI is InChI=1S/C12H23NO2S/c1-6-11(9-16-5)13(3)8-7-10(2)12(14)15-4/h7,11H,6,8-9H2,1-5H3/b10-7-. The molecule has 0 saturated carbocycles. The lowest BCUT2D eigenvalue weighted by molar-refractivity contribution is -0.136. The van der Waals surface area contributed by atoms with Crippen LogP contribution < -0.4 is 0 Å². The fraction of sp³-hybridized carbons (Fsp3) is 0.750. The van der Waals surface area contributed by atoms with E-state index in [1.54, 1.807) is 6.92 Å². The molecule has 16 heavy (non-hydrogen) atoms. The molecule has 4 heteroatoms. The molecule has 0 aromatic carbocycles. The predicted molar refractivity (Wildman–Crippen MR) is 70.9 cm³/mol. The first-order chi connectivity index (χ1) is 7.56. The lowest BCUT2D eigenvalue weighted by Gasteiger charge is -2.25. The van der Waals surface area contributed by atoms with Gasteiger partial charge in [-0.1, -0.05) is 13.0 Å². The van der Waals surface area contributed by atoms with Crippen molar-refractivity contribution >= 4 is 17.7 Å². The van der Waals surface area contributed by atoms with Crippen molar-refractivity contribution in [3.63, 3.8) is 0 Å². The van der Waals surface area contributed by atoms with E-state index in [2.05, 4.69) is 29.9 Å². The van der Waals surface area contributed by atoms with Gasteiger partial charge in [-0.25, -0.2) is 4.79 Å². The molecule has 0 spiro atoms. The van der Waals surface area contributed by atoms with Crippen LogP contribution >= 0.6 is 11.8 Å². The van der Waals surface area contributed by atoms with Gasteiger partial charge in [-0.15, -0.1) is 0 Å². The lowest BCUT2D eigenvalue weighted by Crippen LogP contribution is -2.33. The van der Waals surface area contributed by atoms with Gasteiger partial charge in [0, 0.05) is 23.9 Å². The second kappa shape index (κ2) is 8.65. The van der Waals surface area contributed by atoms with Crippen LogP contribution in [0.15, 0.2) is 11.6 Å². The number of nitrogens with zero attached hydrogens (tertiary/aromatic N) is 1. The number of esters is 1. The summed E-state index contributed by atoms with van der Waals surface area (Å²) in [5, 5.41) is 0. The lowest BCUT2D eigenvalue weighted by atomic mass is 10.2. The summed E-state index contributed by atoms with van der Waals surface area (Å²) >= 11 is 1.85. The number of thioether (sulfide) groups is 1. The number of methoxy groups -OCH3 is 1. The molecule has 1 atom stereocenters. The number of rotatable bonds is 7. The predicted octanol–water partition coefficient (Wildman–Crippen LogP) is 2.18. The van der Waals surface area contributed by atoms with Gasteiger partial charge in [-0.2, -0.15) is 11.8 Å². The first-order valence-electron chi connectivity index (χ1n) is 5.51. The smallest absolute Gasteiger partial charge is 0.333 e. The monoisotopic (exact) mass is 245 g/mol. The number of ether oxygens (including phenoxy) is 1. The molecule has 0 aliphatic carbocycles. The van der Waals surface area contributed by atoms with E-state index in [0.29, 0.717) is 11.6 Å². The maximum absolute atomic E-state index is 11.2. The van der Waals surface area contributed by atoms with Gasteiger partial charge in [0.2, 0.25) is 0 Å². The summed E-state index contributed by atoms with van der Waals surface area (Å²) in [5.74, 6) is 0.879. The molecule has 0 rings (SSSR count). The van der Waals surface area contributed by atoms with Crippen LogP contribution in [0, 0.1) is 0 Å². The molecule has 0 aliphatic heterocycles. The van der Waals surface area contributed by atoms with Crippen molar-refractivity contribution in [1.82, 2.24) is 4.90 Å². The summed E-state index contributed by atoms with van der Waals surface area (Å²) in [6.07, 6.45) is 5.17. The Morgan fingerprint density at radius 1 is 1.56 bits per heavy atom. The summed E-state index contributed by atoms with van der Waals surface area (Å²) in [7, 11) is 3.50. The van der Waals surface area contributed by atoms with Crippen molar-refractivity contribution in [3.8, 4) is 0 Å². The van der Waals surface area contributed by atoms with Gasteiger partial charge in [0.15, 0.2) is 0 Å². The second-order valence-electron chi connectivity index (χ2n) is 3.84. The summed E-state index contributed by atoms with van der Waals surface area (Å²) in [5.41, 5.74) is 0.674. The van der Waals surface area contributed by atoms with Gasteiger partial charge in [0.1, 0.15) is 0 Å². The van der Waals surface area contributed by atoms with Crippen LogP contribution in [0.2, 0.25) is 0 Å². The third-order valence-corrected chi connectivity index (χ3v) is 3.36. The van der Waals surface area contributed by atoms with Crippen LogP contribution in [-0.4, -0.2) is 49.6 Å². The normalized spacial score (nSPS) is 14.0. The Morgan fingerprint density at radius 2 is 2.19 bits per heavy atom. The van der Waals surface area contributed by atoms with Crippen LogP contribution in [0.4, 0.5) is 0 Å². The molecule has 0 radical (unpaired) electrons. The van der Waals surface area contributed by atoms with Crippen LogP contribution in [0.25, 0.3) is 0 Å². The van der Waals surface area contributed by atoms with E-state index in [1.807, 2.05) is 17.8 Å². The van der Waals surface area contributed by atoms with E-state index in [4.69, 9.17) is 0 Å².